The van der Waals surface area contributed by atoms with Gasteiger partial charge in [-0.1, -0.05) is 0 Å². The molecular weight excluding hydrogens is 154 g/mol. The molecule has 1 rings (SSSR count). The summed E-state index contributed by atoms with van der Waals surface area (Å²) in [5.74, 6) is -0.911. The summed E-state index contributed by atoms with van der Waals surface area (Å²) >= 11 is 0. The lowest BCUT2D eigenvalue weighted by atomic mass is 9.92. The van der Waals surface area contributed by atoms with Crippen LogP contribution in [0.3, 0.4) is 0 Å². The van der Waals surface area contributed by atoms with Gasteiger partial charge in [0.25, 0.3) is 0 Å². The van der Waals surface area contributed by atoms with E-state index in [9.17, 15) is 9.59 Å². The molecule has 0 aliphatic carbocycles. The van der Waals surface area contributed by atoms with Crippen LogP contribution in [0.1, 0.15) is 20.8 Å². The van der Waals surface area contributed by atoms with Crippen LogP contribution < -0.4 is 0 Å². The molecule has 3 heteroatoms. The number of Topliss-reactive ketones (excluding diaryl/α,β-unsaturated/α-hetero) is 1. The molecule has 0 fully saturated rings. The first-order chi connectivity index (χ1) is 5.52. The van der Waals surface area contributed by atoms with Crippen molar-refractivity contribution in [3.8, 4) is 0 Å². The molecule has 0 aromatic carbocycles. The standard InChI is InChI=1S/C9H11NO2/c1-5-4-8(12)9(7(3)11)6(2)10-5/h4,9H,1-3H3. The molecule has 0 radical (unpaired) electrons. The van der Waals surface area contributed by atoms with E-state index in [4.69, 9.17) is 0 Å². The zero-order valence-corrected chi connectivity index (χ0v) is 7.42. The molecule has 64 valence electrons. The van der Waals surface area contributed by atoms with Crippen molar-refractivity contribution >= 4 is 17.3 Å². The fourth-order valence-electron chi connectivity index (χ4n) is 1.36. The average Bonchev–Trinajstić information content (AvgIpc) is 1.82. The molecule has 12 heavy (non-hydrogen) atoms. The topological polar surface area (TPSA) is 46.5 Å². The number of hydrogen-bond donors (Lipinski definition) is 0. The fourth-order valence-corrected chi connectivity index (χ4v) is 1.36. The minimum Gasteiger partial charge on any atom is -0.299 e. The van der Waals surface area contributed by atoms with Crippen LogP contribution in [0.25, 0.3) is 0 Å². The number of allylic oxidation sites excluding steroid dienone is 2. The first-order valence-corrected chi connectivity index (χ1v) is 3.80. The maximum absolute atomic E-state index is 11.3. The van der Waals surface area contributed by atoms with Gasteiger partial charge in [-0.3, -0.25) is 14.6 Å². The number of carbonyl (C=O) groups is 2. The predicted octanol–water partition coefficient (Wildman–Crippen LogP) is 1.14. The maximum Gasteiger partial charge on any atom is 0.173 e. The van der Waals surface area contributed by atoms with Gasteiger partial charge in [-0.15, -0.1) is 0 Å². The van der Waals surface area contributed by atoms with Gasteiger partial charge in [0.2, 0.25) is 0 Å². The van der Waals surface area contributed by atoms with Crippen molar-refractivity contribution in [2.75, 3.05) is 0 Å². The Morgan fingerprint density at radius 2 is 2.08 bits per heavy atom. The third kappa shape index (κ3) is 1.49. The van der Waals surface area contributed by atoms with Crippen LogP contribution in [0.5, 0.6) is 0 Å². The molecule has 0 aromatic heterocycles. The van der Waals surface area contributed by atoms with Gasteiger partial charge < -0.3 is 0 Å². The molecule has 1 aliphatic rings. The van der Waals surface area contributed by atoms with E-state index in [-0.39, 0.29) is 11.6 Å². The van der Waals surface area contributed by atoms with Gasteiger partial charge in [0.05, 0.1) is 0 Å². The summed E-state index contributed by atoms with van der Waals surface area (Å²) in [7, 11) is 0. The molecule has 1 atom stereocenters. The van der Waals surface area contributed by atoms with Crippen molar-refractivity contribution in [3.63, 3.8) is 0 Å². The minimum atomic E-state index is -0.631. The lowest BCUT2D eigenvalue weighted by Crippen LogP contribution is -2.29. The zero-order chi connectivity index (χ0) is 9.30. The summed E-state index contributed by atoms with van der Waals surface area (Å²) in [5.41, 5.74) is 1.28. The summed E-state index contributed by atoms with van der Waals surface area (Å²) in [6, 6.07) is 0. The van der Waals surface area contributed by atoms with E-state index in [1.807, 2.05) is 0 Å². The number of hydrogen-bond acceptors (Lipinski definition) is 3. The Labute approximate surface area is 71.2 Å². The van der Waals surface area contributed by atoms with Crippen molar-refractivity contribution in [1.29, 1.82) is 0 Å². The molecule has 1 unspecified atom stereocenters. The average molecular weight is 165 g/mol. The Balaban J connectivity index is 3.03. The van der Waals surface area contributed by atoms with E-state index in [0.29, 0.717) is 11.4 Å². The van der Waals surface area contributed by atoms with Gasteiger partial charge in [-0.05, 0) is 20.8 Å². The van der Waals surface area contributed by atoms with E-state index in [0.717, 1.165) is 0 Å². The zero-order valence-electron chi connectivity index (χ0n) is 7.42. The first kappa shape index (κ1) is 8.84. The number of ketones is 2. The van der Waals surface area contributed by atoms with Crippen molar-refractivity contribution in [3.05, 3.63) is 11.8 Å². The molecule has 0 saturated carbocycles. The minimum absolute atomic E-state index is 0.134. The summed E-state index contributed by atoms with van der Waals surface area (Å²) in [4.78, 5) is 26.3. The van der Waals surface area contributed by atoms with Crippen LogP contribution in [-0.2, 0) is 9.59 Å². The Hall–Kier alpha value is -1.25. The molecule has 0 N–H and O–H groups in total. The van der Waals surface area contributed by atoms with Gasteiger partial charge in [-0.25, -0.2) is 0 Å². The second kappa shape index (κ2) is 3.01. The van der Waals surface area contributed by atoms with Crippen molar-refractivity contribution < 1.29 is 9.59 Å². The Morgan fingerprint density at radius 1 is 1.50 bits per heavy atom. The molecule has 0 spiro atoms. The molecule has 1 aliphatic heterocycles. The van der Waals surface area contributed by atoms with Crippen LogP contribution in [0, 0.1) is 5.92 Å². The number of aliphatic imine (C=N–C) groups is 1. The van der Waals surface area contributed by atoms with Gasteiger partial charge in [-0.2, -0.15) is 0 Å². The van der Waals surface area contributed by atoms with Gasteiger partial charge in [0, 0.05) is 17.5 Å². The highest BCUT2D eigenvalue weighted by atomic mass is 16.1. The van der Waals surface area contributed by atoms with Gasteiger partial charge >= 0.3 is 0 Å². The summed E-state index contributed by atoms with van der Waals surface area (Å²) in [5, 5.41) is 0. The van der Waals surface area contributed by atoms with Gasteiger partial charge in [0.1, 0.15) is 11.7 Å². The van der Waals surface area contributed by atoms with Crippen molar-refractivity contribution in [1.82, 2.24) is 0 Å². The van der Waals surface area contributed by atoms with Crippen LogP contribution >= 0.6 is 0 Å². The molecule has 0 aromatic rings. The summed E-state index contributed by atoms with van der Waals surface area (Å²) < 4.78 is 0. The molecule has 0 saturated heterocycles. The number of nitrogens with zero attached hydrogens (tertiary/aromatic N) is 1. The quantitative estimate of drug-likeness (QED) is 0.547. The van der Waals surface area contributed by atoms with E-state index < -0.39 is 5.92 Å². The third-order valence-electron chi connectivity index (χ3n) is 1.81. The van der Waals surface area contributed by atoms with E-state index in [1.54, 1.807) is 13.8 Å². The number of rotatable bonds is 1. The maximum atomic E-state index is 11.3. The van der Waals surface area contributed by atoms with Crippen LogP contribution in [0.15, 0.2) is 16.8 Å². The highest BCUT2D eigenvalue weighted by Crippen LogP contribution is 2.14. The Morgan fingerprint density at radius 3 is 2.50 bits per heavy atom. The molecule has 0 amide bonds. The molecule has 0 bridgehead atoms. The van der Waals surface area contributed by atoms with Crippen LogP contribution in [0.4, 0.5) is 0 Å². The van der Waals surface area contributed by atoms with E-state index in [1.165, 1.54) is 13.0 Å². The second-order valence-electron chi connectivity index (χ2n) is 2.98. The van der Waals surface area contributed by atoms with Crippen molar-refractivity contribution in [2.24, 2.45) is 10.9 Å². The molecule has 1 heterocycles. The third-order valence-corrected chi connectivity index (χ3v) is 1.81. The number of carbonyl (C=O) groups excluding carboxylic acids is 2. The predicted molar refractivity (Wildman–Crippen MR) is 46.0 cm³/mol. The lowest BCUT2D eigenvalue weighted by molar-refractivity contribution is -0.126. The summed E-state index contributed by atoms with van der Waals surface area (Å²) in [6.45, 7) is 4.87. The highest BCUT2D eigenvalue weighted by Gasteiger charge is 2.27. The largest absolute Gasteiger partial charge is 0.299 e. The van der Waals surface area contributed by atoms with E-state index >= 15 is 0 Å². The SMILES string of the molecule is CC(=O)C1C(=O)C=C(C)N=C1C. The van der Waals surface area contributed by atoms with Gasteiger partial charge in [0.15, 0.2) is 5.78 Å². The van der Waals surface area contributed by atoms with E-state index in [2.05, 4.69) is 4.99 Å². The monoisotopic (exact) mass is 165 g/mol. The Bertz CT molecular complexity index is 300. The summed E-state index contributed by atoms with van der Waals surface area (Å²) in [6.07, 6.45) is 1.42. The Kier molecular flexibility index (Phi) is 2.22. The van der Waals surface area contributed by atoms with Crippen molar-refractivity contribution in [2.45, 2.75) is 20.8 Å². The smallest absolute Gasteiger partial charge is 0.173 e. The second-order valence-corrected chi connectivity index (χ2v) is 2.98. The molecular formula is C9H11NO2. The first-order valence-electron chi connectivity index (χ1n) is 3.80. The lowest BCUT2D eigenvalue weighted by Gasteiger charge is -2.14. The normalized spacial score (nSPS) is 23.2. The van der Waals surface area contributed by atoms with Crippen LogP contribution in [-0.4, -0.2) is 17.3 Å². The fraction of sp³-hybridized carbons (Fsp3) is 0.444. The highest BCUT2D eigenvalue weighted by molar-refractivity contribution is 6.24. The van der Waals surface area contributed by atoms with Crippen LogP contribution in [0.2, 0.25) is 0 Å². The molecule has 3 nitrogen and oxygen atoms in total.